The van der Waals surface area contributed by atoms with Gasteiger partial charge in [0.1, 0.15) is 10.5 Å². The van der Waals surface area contributed by atoms with Crippen molar-refractivity contribution in [2.45, 2.75) is 32.8 Å². The lowest BCUT2D eigenvalue weighted by molar-refractivity contribution is 0.0270. The molecule has 0 fully saturated rings. The average Bonchev–Trinajstić information content (AvgIpc) is 2.79. The maximum atomic E-state index is 14.0. The second-order valence-electron chi connectivity index (χ2n) is 6.00. The lowest BCUT2D eigenvalue weighted by Crippen LogP contribution is -2.39. The standard InChI is InChI=1S/C15H18FNO4S/c1-15(2,3)21-14(20)17-6-4-9(5-7-17)10-8-22-12(11(10)16)13(18)19/h4,8H,5-7H2,1-3H3,(H,18,19). The zero-order valence-electron chi connectivity index (χ0n) is 12.7. The summed E-state index contributed by atoms with van der Waals surface area (Å²) in [5.74, 6) is -1.96. The molecule has 0 spiro atoms. The number of halogens is 1. The molecule has 0 aromatic carbocycles. The number of ether oxygens (including phenoxy) is 1. The molecule has 0 radical (unpaired) electrons. The van der Waals surface area contributed by atoms with Crippen molar-refractivity contribution in [2.24, 2.45) is 0 Å². The van der Waals surface area contributed by atoms with Crippen molar-refractivity contribution >= 4 is 29.0 Å². The molecule has 0 atom stereocenters. The zero-order valence-corrected chi connectivity index (χ0v) is 13.5. The first-order valence-electron chi connectivity index (χ1n) is 6.86. The number of carbonyl (C=O) groups excluding carboxylic acids is 1. The third-order valence-corrected chi connectivity index (χ3v) is 4.07. The van der Waals surface area contributed by atoms with E-state index in [0.29, 0.717) is 25.1 Å². The molecular formula is C15H18FNO4S. The number of hydrogen-bond acceptors (Lipinski definition) is 4. The first-order chi connectivity index (χ1) is 10.2. The van der Waals surface area contributed by atoms with Crippen LogP contribution in [0.25, 0.3) is 5.57 Å². The summed E-state index contributed by atoms with van der Waals surface area (Å²) in [5, 5.41) is 10.4. The summed E-state index contributed by atoms with van der Waals surface area (Å²) in [6, 6.07) is 0. The highest BCUT2D eigenvalue weighted by molar-refractivity contribution is 7.12. The summed E-state index contributed by atoms with van der Waals surface area (Å²) in [6.07, 6.45) is 1.80. The van der Waals surface area contributed by atoms with Crippen molar-refractivity contribution in [2.75, 3.05) is 13.1 Å². The van der Waals surface area contributed by atoms with Crippen LogP contribution in [-0.4, -0.2) is 40.8 Å². The van der Waals surface area contributed by atoms with Gasteiger partial charge in [0, 0.05) is 24.0 Å². The minimum Gasteiger partial charge on any atom is -0.477 e. The Morgan fingerprint density at radius 3 is 2.55 bits per heavy atom. The van der Waals surface area contributed by atoms with Crippen LogP contribution in [0.1, 0.15) is 42.4 Å². The van der Waals surface area contributed by atoms with Gasteiger partial charge >= 0.3 is 12.1 Å². The predicted molar refractivity (Wildman–Crippen MR) is 81.6 cm³/mol. The van der Waals surface area contributed by atoms with Crippen LogP contribution in [0.5, 0.6) is 0 Å². The molecular weight excluding hydrogens is 309 g/mol. The third kappa shape index (κ3) is 3.65. The first-order valence-corrected chi connectivity index (χ1v) is 7.74. The topological polar surface area (TPSA) is 66.8 Å². The number of aromatic carboxylic acids is 1. The summed E-state index contributed by atoms with van der Waals surface area (Å²) in [5.41, 5.74) is 0.476. The van der Waals surface area contributed by atoms with Crippen LogP contribution < -0.4 is 0 Å². The van der Waals surface area contributed by atoms with Crippen LogP contribution >= 0.6 is 11.3 Å². The number of carboxylic acids is 1. The minimum atomic E-state index is -1.26. The number of nitrogens with zero attached hydrogens (tertiary/aromatic N) is 1. The van der Waals surface area contributed by atoms with E-state index in [0.717, 1.165) is 16.9 Å². The van der Waals surface area contributed by atoms with E-state index in [2.05, 4.69) is 0 Å². The molecule has 1 N–H and O–H groups in total. The Kier molecular flexibility index (Phi) is 4.55. The smallest absolute Gasteiger partial charge is 0.410 e. The Morgan fingerprint density at radius 1 is 1.41 bits per heavy atom. The van der Waals surface area contributed by atoms with Crippen molar-refractivity contribution < 1.29 is 23.8 Å². The van der Waals surface area contributed by atoms with E-state index in [4.69, 9.17) is 9.84 Å². The van der Waals surface area contributed by atoms with E-state index >= 15 is 0 Å². The molecule has 2 rings (SSSR count). The highest BCUT2D eigenvalue weighted by Crippen LogP contribution is 2.31. The lowest BCUT2D eigenvalue weighted by Gasteiger charge is -2.29. The molecule has 1 aromatic rings. The van der Waals surface area contributed by atoms with Gasteiger partial charge in [0.15, 0.2) is 5.82 Å². The van der Waals surface area contributed by atoms with Crippen LogP contribution in [-0.2, 0) is 4.74 Å². The molecule has 5 nitrogen and oxygen atoms in total. The van der Waals surface area contributed by atoms with Gasteiger partial charge in [-0.2, -0.15) is 0 Å². The summed E-state index contributed by atoms with van der Waals surface area (Å²) in [4.78, 5) is 24.1. The lowest BCUT2D eigenvalue weighted by atomic mass is 10.0. The second-order valence-corrected chi connectivity index (χ2v) is 6.88. The van der Waals surface area contributed by atoms with Crippen molar-refractivity contribution in [1.29, 1.82) is 0 Å². The molecule has 2 heterocycles. The predicted octanol–water partition coefficient (Wildman–Crippen LogP) is 3.61. The molecule has 1 aromatic heterocycles. The van der Waals surface area contributed by atoms with E-state index in [1.165, 1.54) is 10.3 Å². The Morgan fingerprint density at radius 2 is 2.09 bits per heavy atom. The highest BCUT2D eigenvalue weighted by Gasteiger charge is 2.26. The van der Waals surface area contributed by atoms with Crippen LogP contribution in [0.2, 0.25) is 0 Å². The number of carbonyl (C=O) groups is 2. The Hall–Kier alpha value is -1.89. The fraction of sp³-hybridized carbons (Fsp3) is 0.467. The summed E-state index contributed by atoms with van der Waals surface area (Å²) in [6.45, 7) is 6.12. The maximum absolute atomic E-state index is 14.0. The SMILES string of the molecule is CC(C)(C)OC(=O)N1CC=C(c2csc(C(=O)O)c2F)CC1. The maximum Gasteiger partial charge on any atom is 0.410 e. The first kappa shape index (κ1) is 16.5. The van der Waals surface area contributed by atoms with Gasteiger partial charge in [-0.25, -0.2) is 14.0 Å². The number of hydrogen-bond donors (Lipinski definition) is 1. The monoisotopic (exact) mass is 327 g/mol. The Bertz CT molecular complexity index is 630. The fourth-order valence-corrected chi connectivity index (χ4v) is 2.92. The molecule has 0 unspecified atom stereocenters. The van der Waals surface area contributed by atoms with Crippen LogP contribution in [0.3, 0.4) is 0 Å². The minimum absolute atomic E-state index is 0.287. The average molecular weight is 327 g/mol. The van der Waals surface area contributed by atoms with E-state index in [-0.39, 0.29) is 4.88 Å². The van der Waals surface area contributed by atoms with Gasteiger partial charge < -0.3 is 14.7 Å². The van der Waals surface area contributed by atoms with E-state index in [1.807, 2.05) is 0 Å². The van der Waals surface area contributed by atoms with Crippen molar-refractivity contribution in [3.63, 3.8) is 0 Å². The van der Waals surface area contributed by atoms with E-state index in [1.54, 1.807) is 26.8 Å². The van der Waals surface area contributed by atoms with Crippen LogP contribution in [0.4, 0.5) is 9.18 Å². The number of carboxylic acid groups (broad SMARTS) is 1. The normalized spacial score (nSPS) is 15.5. The molecule has 1 amide bonds. The van der Waals surface area contributed by atoms with Crippen LogP contribution in [0.15, 0.2) is 11.5 Å². The van der Waals surface area contributed by atoms with Gasteiger partial charge in [-0.15, -0.1) is 11.3 Å². The quantitative estimate of drug-likeness (QED) is 0.901. The summed E-state index contributed by atoms with van der Waals surface area (Å²) in [7, 11) is 0. The highest BCUT2D eigenvalue weighted by atomic mass is 32.1. The van der Waals surface area contributed by atoms with Crippen LogP contribution in [0, 0.1) is 5.82 Å². The summed E-state index contributed by atoms with van der Waals surface area (Å²) >= 11 is 0.872. The zero-order chi connectivity index (χ0) is 16.5. The molecule has 0 saturated carbocycles. The van der Waals surface area contributed by atoms with E-state index < -0.39 is 23.5 Å². The molecule has 0 bridgehead atoms. The molecule has 22 heavy (non-hydrogen) atoms. The largest absolute Gasteiger partial charge is 0.477 e. The molecule has 1 aliphatic heterocycles. The molecule has 0 aliphatic carbocycles. The van der Waals surface area contributed by atoms with Gasteiger partial charge in [-0.1, -0.05) is 6.08 Å². The fourth-order valence-electron chi connectivity index (χ4n) is 2.11. The Labute approximate surface area is 132 Å². The van der Waals surface area contributed by atoms with Gasteiger partial charge in [0.25, 0.3) is 0 Å². The van der Waals surface area contributed by atoms with Crippen molar-refractivity contribution in [1.82, 2.24) is 4.90 Å². The molecule has 1 aliphatic rings. The van der Waals surface area contributed by atoms with E-state index in [9.17, 15) is 14.0 Å². The summed E-state index contributed by atoms with van der Waals surface area (Å²) < 4.78 is 19.3. The van der Waals surface area contributed by atoms with Crippen molar-refractivity contribution in [3.05, 3.63) is 27.7 Å². The Balaban J connectivity index is 2.09. The van der Waals surface area contributed by atoms with Gasteiger partial charge in [-0.05, 0) is 32.8 Å². The molecule has 120 valence electrons. The van der Waals surface area contributed by atoms with Gasteiger partial charge in [0.2, 0.25) is 0 Å². The van der Waals surface area contributed by atoms with Gasteiger partial charge in [0.05, 0.1) is 0 Å². The molecule has 0 saturated heterocycles. The van der Waals surface area contributed by atoms with Crippen molar-refractivity contribution in [3.8, 4) is 0 Å². The number of amides is 1. The number of rotatable bonds is 2. The second kappa shape index (κ2) is 6.08. The number of thiophene rings is 1. The van der Waals surface area contributed by atoms with Gasteiger partial charge in [-0.3, -0.25) is 0 Å². The third-order valence-electron chi connectivity index (χ3n) is 3.13. The molecule has 7 heteroatoms.